The number of carbonyl (C=O) groups is 1. The van der Waals surface area contributed by atoms with E-state index in [2.05, 4.69) is 47.4 Å². The van der Waals surface area contributed by atoms with Crippen molar-refractivity contribution in [3.05, 3.63) is 70.6 Å². The predicted octanol–water partition coefficient (Wildman–Crippen LogP) is 4.64. The van der Waals surface area contributed by atoms with Gasteiger partial charge in [0.25, 0.3) is 5.91 Å². The van der Waals surface area contributed by atoms with Crippen LogP contribution in [0.5, 0.6) is 0 Å². The van der Waals surface area contributed by atoms with Crippen LogP contribution in [0.2, 0.25) is 0 Å². The third-order valence-electron chi connectivity index (χ3n) is 5.23. The average molecular weight is 388 g/mol. The van der Waals surface area contributed by atoms with Crippen molar-refractivity contribution < 1.29 is 9.21 Å². The van der Waals surface area contributed by atoms with Gasteiger partial charge in [-0.2, -0.15) is 5.10 Å². The van der Waals surface area contributed by atoms with Crippen LogP contribution in [-0.4, -0.2) is 20.7 Å². The highest BCUT2D eigenvalue weighted by molar-refractivity contribution is 6.07. The van der Waals surface area contributed by atoms with Gasteiger partial charge in [0.2, 0.25) is 0 Å². The second-order valence-electron chi connectivity index (χ2n) is 7.50. The molecule has 0 radical (unpaired) electrons. The standard InChI is InChI=1S/C23H24N4O2/c1-13-8-9-17(14(2)11-13)15(3)24-23(28)18-12-19(20-7-6-10-29-20)25-22-21(18)16(4)26-27(22)5/h6-12,15H,1-5H3,(H,24,28)/t15-/m1/s1. The highest BCUT2D eigenvalue weighted by atomic mass is 16.3. The molecular formula is C23H24N4O2. The molecule has 0 saturated heterocycles. The molecule has 3 heterocycles. The number of nitrogens with zero attached hydrogens (tertiary/aromatic N) is 3. The number of carbonyl (C=O) groups excluding carboxylic acids is 1. The Morgan fingerprint density at radius 2 is 1.97 bits per heavy atom. The fraction of sp³-hybridized carbons (Fsp3) is 0.261. The predicted molar refractivity (Wildman–Crippen MR) is 113 cm³/mol. The number of aryl methyl sites for hydroxylation is 4. The van der Waals surface area contributed by atoms with Crippen LogP contribution in [0.4, 0.5) is 0 Å². The smallest absolute Gasteiger partial charge is 0.252 e. The van der Waals surface area contributed by atoms with Gasteiger partial charge in [-0.3, -0.25) is 9.48 Å². The Hall–Kier alpha value is -3.41. The zero-order valence-electron chi connectivity index (χ0n) is 17.3. The van der Waals surface area contributed by atoms with Crippen LogP contribution in [0.1, 0.15) is 45.7 Å². The molecule has 1 atom stereocenters. The second-order valence-corrected chi connectivity index (χ2v) is 7.50. The topological polar surface area (TPSA) is 73.0 Å². The number of fused-ring (bicyclic) bond motifs is 1. The second kappa shape index (κ2) is 7.20. The maximum absolute atomic E-state index is 13.3. The molecule has 4 rings (SSSR count). The molecule has 1 aromatic carbocycles. The van der Waals surface area contributed by atoms with E-state index in [0.717, 1.165) is 22.2 Å². The molecule has 0 aliphatic rings. The molecule has 1 N–H and O–H groups in total. The summed E-state index contributed by atoms with van der Waals surface area (Å²) in [6.07, 6.45) is 1.59. The van der Waals surface area contributed by atoms with Gasteiger partial charge in [0.05, 0.1) is 28.9 Å². The number of hydrogen-bond acceptors (Lipinski definition) is 4. The van der Waals surface area contributed by atoms with Crippen LogP contribution in [0.15, 0.2) is 47.1 Å². The van der Waals surface area contributed by atoms with E-state index in [0.29, 0.717) is 22.7 Å². The maximum Gasteiger partial charge on any atom is 0.252 e. The summed E-state index contributed by atoms with van der Waals surface area (Å²) < 4.78 is 7.20. The van der Waals surface area contributed by atoms with Crippen molar-refractivity contribution in [2.75, 3.05) is 0 Å². The molecule has 6 nitrogen and oxygen atoms in total. The van der Waals surface area contributed by atoms with Crippen LogP contribution in [0, 0.1) is 20.8 Å². The minimum Gasteiger partial charge on any atom is -0.463 e. The summed E-state index contributed by atoms with van der Waals surface area (Å²) in [6.45, 7) is 8.02. The molecule has 148 valence electrons. The normalized spacial score (nSPS) is 12.3. The lowest BCUT2D eigenvalue weighted by Crippen LogP contribution is -2.27. The lowest BCUT2D eigenvalue weighted by molar-refractivity contribution is 0.0941. The van der Waals surface area contributed by atoms with Crippen molar-refractivity contribution in [2.24, 2.45) is 7.05 Å². The van der Waals surface area contributed by atoms with Crippen molar-refractivity contribution in [2.45, 2.75) is 33.7 Å². The zero-order valence-corrected chi connectivity index (χ0v) is 17.3. The third kappa shape index (κ3) is 3.42. The van der Waals surface area contributed by atoms with Crippen molar-refractivity contribution >= 4 is 16.9 Å². The summed E-state index contributed by atoms with van der Waals surface area (Å²) in [5.74, 6) is 0.455. The number of nitrogens with one attached hydrogen (secondary N) is 1. The van der Waals surface area contributed by atoms with Gasteiger partial charge in [-0.25, -0.2) is 4.98 Å². The molecule has 0 fully saturated rings. The van der Waals surface area contributed by atoms with E-state index in [4.69, 9.17) is 4.42 Å². The Bertz CT molecular complexity index is 1210. The van der Waals surface area contributed by atoms with E-state index in [1.165, 1.54) is 5.56 Å². The van der Waals surface area contributed by atoms with E-state index in [-0.39, 0.29) is 11.9 Å². The van der Waals surface area contributed by atoms with Gasteiger partial charge in [-0.15, -0.1) is 0 Å². The van der Waals surface area contributed by atoms with E-state index < -0.39 is 0 Å². The van der Waals surface area contributed by atoms with E-state index in [1.54, 1.807) is 23.1 Å². The molecule has 0 spiro atoms. The van der Waals surface area contributed by atoms with Gasteiger partial charge < -0.3 is 9.73 Å². The molecule has 0 unspecified atom stereocenters. The Morgan fingerprint density at radius 3 is 2.66 bits per heavy atom. The lowest BCUT2D eigenvalue weighted by atomic mass is 9.99. The lowest BCUT2D eigenvalue weighted by Gasteiger charge is -2.18. The van der Waals surface area contributed by atoms with Crippen LogP contribution >= 0.6 is 0 Å². The number of benzene rings is 1. The summed E-state index contributed by atoms with van der Waals surface area (Å²) in [5, 5.41) is 8.36. The van der Waals surface area contributed by atoms with Gasteiger partial charge in [0, 0.05) is 7.05 Å². The van der Waals surface area contributed by atoms with Crippen molar-refractivity contribution in [3.63, 3.8) is 0 Å². The summed E-state index contributed by atoms with van der Waals surface area (Å²) >= 11 is 0. The molecule has 0 bridgehead atoms. The molecule has 0 aliphatic carbocycles. The zero-order chi connectivity index (χ0) is 20.7. The van der Waals surface area contributed by atoms with Crippen LogP contribution in [0.25, 0.3) is 22.5 Å². The van der Waals surface area contributed by atoms with Crippen LogP contribution in [0.3, 0.4) is 0 Å². The number of furan rings is 1. The fourth-order valence-corrected chi connectivity index (χ4v) is 3.84. The summed E-state index contributed by atoms with van der Waals surface area (Å²) in [7, 11) is 1.83. The minimum absolute atomic E-state index is 0.129. The van der Waals surface area contributed by atoms with Gasteiger partial charge in [0.15, 0.2) is 11.4 Å². The molecule has 0 aliphatic heterocycles. The van der Waals surface area contributed by atoms with E-state index in [1.807, 2.05) is 27.0 Å². The van der Waals surface area contributed by atoms with Crippen molar-refractivity contribution in [3.8, 4) is 11.5 Å². The Balaban J connectivity index is 1.76. The molecule has 6 heteroatoms. The van der Waals surface area contributed by atoms with Crippen LogP contribution < -0.4 is 5.32 Å². The SMILES string of the molecule is Cc1ccc([C@@H](C)NC(=O)c2cc(-c3ccco3)nc3c2c(C)nn3C)c(C)c1. The summed E-state index contributed by atoms with van der Waals surface area (Å²) in [6, 6.07) is 11.5. The average Bonchev–Trinajstić information content (AvgIpc) is 3.30. The van der Waals surface area contributed by atoms with Crippen molar-refractivity contribution in [1.29, 1.82) is 0 Å². The molecular weight excluding hydrogens is 364 g/mol. The summed E-state index contributed by atoms with van der Waals surface area (Å²) in [4.78, 5) is 18.0. The molecule has 4 aromatic rings. The first-order chi connectivity index (χ1) is 13.8. The minimum atomic E-state index is -0.159. The fourth-order valence-electron chi connectivity index (χ4n) is 3.84. The number of aromatic nitrogens is 3. The highest BCUT2D eigenvalue weighted by Gasteiger charge is 2.21. The quantitative estimate of drug-likeness (QED) is 0.552. The first kappa shape index (κ1) is 18.9. The number of amides is 1. The van der Waals surface area contributed by atoms with Gasteiger partial charge in [-0.05, 0) is 57.0 Å². The van der Waals surface area contributed by atoms with Gasteiger partial charge >= 0.3 is 0 Å². The van der Waals surface area contributed by atoms with Gasteiger partial charge in [-0.1, -0.05) is 23.8 Å². The molecule has 1 amide bonds. The first-order valence-corrected chi connectivity index (χ1v) is 9.61. The maximum atomic E-state index is 13.3. The van der Waals surface area contributed by atoms with E-state index >= 15 is 0 Å². The van der Waals surface area contributed by atoms with Crippen LogP contribution in [-0.2, 0) is 7.05 Å². The number of pyridine rings is 1. The highest BCUT2D eigenvalue weighted by Crippen LogP contribution is 2.28. The monoisotopic (exact) mass is 388 g/mol. The van der Waals surface area contributed by atoms with E-state index in [9.17, 15) is 4.79 Å². The number of hydrogen-bond donors (Lipinski definition) is 1. The number of rotatable bonds is 4. The first-order valence-electron chi connectivity index (χ1n) is 9.61. The van der Waals surface area contributed by atoms with Gasteiger partial charge in [0.1, 0.15) is 5.69 Å². The molecule has 3 aromatic heterocycles. The summed E-state index contributed by atoms with van der Waals surface area (Å²) in [5.41, 5.74) is 6.04. The largest absolute Gasteiger partial charge is 0.463 e. The molecule has 0 saturated carbocycles. The third-order valence-corrected chi connectivity index (χ3v) is 5.23. The Labute approximate surface area is 169 Å². The Morgan fingerprint density at radius 1 is 1.17 bits per heavy atom. The molecule has 29 heavy (non-hydrogen) atoms. The van der Waals surface area contributed by atoms with Crippen molar-refractivity contribution in [1.82, 2.24) is 20.1 Å². The Kier molecular flexibility index (Phi) is 4.70.